The van der Waals surface area contributed by atoms with E-state index in [2.05, 4.69) is 0 Å². The van der Waals surface area contributed by atoms with Gasteiger partial charge in [0.1, 0.15) is 0 Å². The van der Waals surface area contributed by atoms with Gasteiger partial charge >= 0.3 is 5.97 Å². The quantitative estimate of drug-likeness (QED) is 0.455. The summed E-state index contributed by atoms with van der Waals surface area (Å²) in [5.74, 6) is -0.898. The Morgan fingerprint density at radius 2 is 2.35 bits per heavy atom. The molecular weight excluding hydrogens is 266 g/mol. The van der Waals surface area contributed by atoms with Crippen LogP contribution in [0.3, 0.4) is 0 Å². The van der Waals surface area contributed by atoms with Gasteiger partial charge in [0.2, 0.25) is 6.54 Å². The molecule has 0 aliphatic rings. The summed E-state index contributed by atoms with van der Waals surface area (Å²) in [4.78, 5) is 22.2. The van der Waals surface area contributed by atoms with E-state index >= 15 is 0 Å². The van der Waals surface area contributed by atoms with Crippen LogP contribution in [0.15, 0.2) is 12.1 Å². The molecule has 0 bridgehead atoms. The van der Waals surface area contributed by atoms with Gasteiger partial charge in [-0.1, -0.05) is 11.6 Å². The Morgan fingerprint density at radius 1 is 1.65 bits per heavy atom. The summed E-state index contributed by atoms with van der Waals surface area (Å²) in [5.41, 5.74) is 0. The zero-order chi connectivity index (χ0) is 12.8. The number of hydrogen-bond acceptors (Lipinski definition) is 5. The van der Waals surface area contributed by atoms with Gasteiger partial charge in [0, 0.05) is 9.80 Å². The molecule has 0 aliphatic carbocycles. The van der Waals surface area contributed by atoms with Crippen molar-refractivity contribution >= 4 is 28.9 Å². The van der Waals surface area contributed by atoms with Crippen LogP contribution in [0.1, 0.15) is 24.1 Å². The largest absolute Gasteiger partial charge is 0.466 e. The van der Waals surface area contributed by atoms with Crippen molar-refractivity contribution in [2.45, 2.75) is 19.3 Å². The van der Waals surface area contributed by atoms with E-state index in [1.54, 1.807) is 19.1 Å². The molecule has 0 spiro atoms. The summed E-state index contributed by atoms with van der Waals surface area (Å²) in [6, 6.07) is 3.38. The predicted octanol–water partition coefficient (Wildman–Crippen LogP) is 2.72. The highest BCUT2D eigenvalue weighted by Gasteiger charge is 2.23. The van der Waals surface area contributed by atoms with E-state index in [9.17, 15) is 14.9 Å². The molecular formula is C10H12ClNO4S. The van der Waals surface area contributed by atoms with Crippen LogP contribution in [0.2, 0.25) is 4.34 Å². The average Bonchev–Trinajstić information content (AvgIpc) is 2.63. The summed E-state index contributed by atoms with van der Waals surface area (Å²) >= 11 is 7.02. The topological polar surface area (TPSA) is 69.4 Å². The first-order chi connectivity index (χ1) is 8.02. The Labute approximate surface area is 107 Å². The third-order valence-electron chi connectivity index (χ3n) is 2.08. The minimum absolute atomic E-state index is 0.00562. The number of nitro groups is 1. The van der Waals surface area contributed by atoms with Crippen molar-refractivity contribution < 1.29 is 14.5 Å². The van der Waals surface area contributed by atoms with E-state index in [4.69, 9.17) is 16.3 Å². The fourth-order valence-electron chi connectivity index (χ4n) is 1.40. The van der Waals surface area contributed by atoms with Crippen LogP contribution in [-0.2, 0) is 9.53 Å². The van der Waals surface area contributed by atoms with E-state index < -0.39 is 16.8 Å². The number of rotatable bonds is 6. The van der Waals surface area contributed by atoms with Crippen molar-refractivity contribution in [1.29, 1.82) is 0 Å². The molecule has 1 heterocycles. The van der Waals surface area contributed by atoms with Crippen LogP contribution in [0, 0.1) is 10.1 Å². The number of thiophene rings is 1. The molecule has 5 nitrogen and oxygen atoms in total. The van der Waals surface area contributed by atoms with Gasteiger partial charge in [-0.05, 0) is 19.1 Å². The normalized spacial score (nSPS) is 12.1. The molecule has 1 unspecified atom stereocenters. The van der Waals surface area contributed by atoms with Crippen LogP contribution < -0.4 is 0 Å². The maximum absolute atomic E-state index is 11.3. The van der Waals surface area contributed by atoms with E-state index in [1.807, 2.05) is 0 Å². The third kappa shape index (κ3) is 4.70. The van der Waals surface area contributed by atoms with Gasteiger partial charge in [-0.2, -0.15) is 0 Å². The zero-order valence-corrected chi connectivity index (χ0v) is 10.8. The fourth-order valence-corrected chi connectivity index (χ4v) is 2.56. The van der Waals surface area contributed by atoms with Gasteiger partial charge in [0.05, 0.1) is 23.3 Å². The van der Waals surface area contributed by atoms with Crippen LogP contribution >= 0.6 is 22.9 Å². The Morgan fingerprint density at radius 3 is 2.82 bits per heavy atom. The van der Waals surface area contributed by atoms with Crippen LogP contribution in [0.5, 0.6) is 0 Å². The number of esters is 1. The van der Waals surface area contributed by atoms with Crippen LogP contribution in [-0.4, -0.2) is 24.0 Å². The predicted molar refractivity (Wildman–Crippen MR) is 65.2 cm³/mol. The average molecular weight is 278 g/mol. The Balaban J connectivity index is 2.73. The van der Waals surface area contributed by atoms with E-state index in [-0.39, 0.29) is 19.6 Å². The molecule has 1 atom stereocenters. The van der Waals surface area contributed by atoms with Crippen molar-refractivity contribution in [2.75, 3.05) is 13.2 Å². The number of carbonyl (C=O) groups excluding carboxylic acids is 1. The lowest BCUT2D eigenvalue weighted by Gasteiger charge is -2.09. The number of hydrogen-bond donors (Lipinski definition) is 0. The molecule has 17 heavy (non-hydrogen) atoms. The summed E-state index contributed by atoms with van der Waals surface area (Å²) in [6.45, 7) is 1.67. The second-order valence-electron chi connectivity index (χ2n) is 3.36. The molecule has 94 valence electrons. The SMILES string of the molecule is CCOC(=O)CC(C[N+](=O)[O-])c1ccc(Cl)s1. The highest BCUT2D eigenvalue weighted by atomic mass is 35.5. The maximum atomic E-state index is 11.3. The van der Waals surface area contributed by atoms with Crippen molar-refractivity contribution in [2.24, 2.45) is 0 Å². The second kappa shape index (κ2) is 6.56. The van der Waals surface area contributed by atoms with Crippen LogP contribution in [0.4, 0.5) is 0 Å². The summed E-state index contributed by atoms with van der Waals surface area (Å²) in [6.07, 6.45) is 0.00562. The number of ether oxygens (including phenoxy) is 1. The molecule has 7 heteroatoms. The van der Waals surface area contributed by atoms with Gasteiger partial charge in [-0.15, -0.1) is 11.3 Å². The molecule has 1 aromatic rings. The van der Waals surface area contributed by atoms with Gasteiger partial charge in [0.25, 0.3) is 0 Å². The van der Waals surface area contributed by atoms with Crippen molar-refractivity contribution in [1.82, 2.24) is 0 Å². The fraction of sp³-hybridized carbons (Fsp3) is 0.500. The van der Waals surface area contributed by atoms with E-state index in [0.29, 0.717) is 4.34 Å². The van der Waals surface area contributed by atoms with E-state index in [0.717, 1.165) is 4.88 Å². The molecule has 1 aromatic heterocycles. The van der Waals surface area contributed by atoms with E-state index in [1.165, 1.54) is 11.3 Å². The lowest BCUT2D eigenvalue weighted by molar-refractivity contribution is -0.483. The third-order valence-corrected chi connectivity index (χ3v) is 3.48. The lowest BCUT2D eigenvalue weighted by atomic mass is 10.0. The molecule has 0 radical (unpaired) electrons. The van der Waals surface area contributed by atoms with Gasteiger partial charge in [-0.3, -0.25) is 14.9 Å². The molecule has 0 fully saturated rings. The smallest absolute Gasteiger partial charge is 0.306 e. The number of halogens is 1. The summed E-state index contributed by atoms with van der Waals surface area (Å²) < 4.78 is 5.35. The van der Waals surface area contributed by atoms with Gasteiger partial charge in [-0.25, -0.2) is 0 Å². The minimum atomic E-state index is -0.471. The Kier molecular flexibility index (Phi) is 5.37. The monoisotopic (exact) mass is 277 g/mol. The summed E-state index contributed by atoms with van der Waals surface area (Å²) in [5, 5.41) is 10.6. The highest BCUT2D eigenvalue weighted by molar-refractivity contribution is 7.16. The first-order valence-electron chi connectivity index (χ1n) is 5.05. The van der Waals surface area contributed by atoms with Gasteiger partial charge < -0.3 is 4.74 Å². The Bertz CT molecular complexity index is 407. The van der Waals surface area contributed by atoms with Crippen LogP contribution in [0.25, 0.3) is 0 Å². The molecule has 0 saturated heterocycles. The molecule has 0 saturated carbocycles. The minimum Gasteiger partial charge on any atom is -0.466 e. The summed E-state index contributed by atoms with van der Waals surface area (Å²) in [7, 11) is 0. The molecule has 0 amide bonds. The van der Waals surface area contributed by atoms with Gasteiger partial charge in [0.15, 0.2) is 0 Å². The lowest BCUT2D eigenvalue weighted by Crippen LogP contribution is -2.17. The maximum Gasteiger partial charge on any atom is 0.306 e. The first-order valence-corrected chi connectivity index (χ1v) is 6.25. The molecule has 1 rings (SSSR count). The second-order valence-corrected chi connectivity index (χ2v) is 5.11. The molecule has 0 N–H and O–H groups in total. The highest BCUT2D eigenvalue weighted by Crippen LogP contribution is 2.30. The molecule has 0 aromatic carbocycles. The Hall–Kier alpha value is -1.14. The standard InChI is InChI=1S/C10H12ClNO4S/c1-2-16-10(13)5-7(6-12(14)15)8-3-4-9(11)17-8/h3-4,7H,2,5-6H2,1H3. The molecule has 0 aliphatic heterocycles. The zero-order valence-electron chi connectivity index (χ0n) is 9.22. The number of nitrogens with zero attached hydrogens (tertiary/aromatic N) is 1. The first kappa shape index (κ1) is 13.9. The van der Waals surface area contributed by atoms with Crippen molar-refractivity contribution in [3.63, 3.8) is 0 Å². The van der Waals surface area contributed by atoms with Crippen molar-refractivity contribution in [3.05, 3.63) is 31.5 Å². The van der Waals surface area contributed by atoms with Crippen molar-refractivity contribution in [3.8, 4) is 0 Å². The number of carbonyl (C=O) groups is 1.